The maximum absolute atomic E-state index is 14.4. The molecule has 1 amide bonds. The van der Waals surface area contributed by atoms with E-state index in [1.165, 1.54) is 13.2 Å². The van der Waals surface area contributed by atoms with Crippen LogP contribution in [0, 0.1) is 5.82 Å². The number of carbonyl (C=O) groups is 1. The molecule has 1 N–H and O–H groups in total. The molecule has 0 radical (unpaired) electrons. The summed E-state index contributed by atoms with van der Waals surface area (Å²) in [6, 6.07) is 6.27. The van der Waals surface area contributed by atoms with Crippen molar-refractivity contribution >= 4 is 5.91 Å². The smallest absolute Gasteiger partial charge is 0.271 e. The van der Waals surface area contributed by atoms with Crippen LogP contribution >= 0.6 is 0 Å². The van der Waals surface area contributed by atoms with E-state index in [1.54, 1.807) is 22.9 Å². The van der Waals surface area contributed by atoms with Gasteiger partial charge in [0.05, 0.1) is 26.0 Å². The molecule has 1 aromatic heterocycles. The van der Waals surface area contributed by atoms with E-state index in [1.807, 2.05) is 6.92 Å². The lowest BCUT2D eigenvalue weighted by atomic mass is 10.1. The average molecular weight is 376 g/mol. The minimum Gasteiger partial charge on any atom is -0.497 e. The van der Waals surface area contributed by atoms with Gasteiger partial charge in [-0.3, -0.25) is 14.4 Å². The summed E-state index contributed by atoms with van der Waals surface area (Å²) in [4.78, 5) is 14.7. The standard InChI is InChI=1S/C19H25FN4O3/c1-3-24-18(15-5-4-14(26-2)12-16(15)20)13-17(22-24)19(25)21-6-7-23-8-10-27-11-9-23/h4-5,12-13H,3,6-11H2,1-2H3,(H,21,25). The Morgan fingerprint density at radius 2 is 2.11 bits per heavy atom. The fourth-order valence-electron chi connectivity index (χ4n) is 3.06. The monoisotopic (exact) mass is 376 g/mol. The first-order valence-corrected chi connectivity index (χ1v) is 9.12. The molecule has 0 atom stereocenters. The number of halogens is 1. The summed E-state index contributed by atoms with van der Waals surface area (Å²) in [5, 5.41) is 7.21. The van der Waals surface area contributed by atoms with Crippen LogP contribution < -0.4 is 10.1 Å². The van der Waals surface area contributed by atoms with Gasteiger partial charge in [0.2, 0.25) is 0 Å². The molecule has 0 bridgehead atoms. The predicted octanol–water partition coefficient (Wildman–Crippen LogP) is 1.78. The Balaban J connectivity index is 1.69. The number of morpholine rings is 1. The summed E-state index contributed by atoms with van der Waals surface area (Å²) < 4.78 is 26.4. The molecule has 2 heterocycles. The molecule has 27 heavy (non-hydrogen) atoms. The first-order valence-electron chi connectivity index (χ1n) is 9.12. The van der Waals surface area contributed by atoms with Crippen LogP contribution in [0.25, 0.3) is 11.3 Å². The van der Waals surface area contributed by atoms with Crippen LogP contribution in [0.2, 0.25) is 0 Å². The Kier molecular flexibility index (Phi) is 6.41. The molecule has 1 aliphatic heterocycles. The van der Waals surface area contributed by atoms with Gasteiger partial charge in [-0.2, -0.15) is 5.10 Å². The fraction of sp³-hybridized carbons (Fsp3) is 0.474. The maximum Gasteiger partial charge on any atom is 0.271 e. The van der Waals surface area contributed by atoms with E-state index in [0.29, 0.717) is 30.1 Å². The highest BCUT2D eigenvalue weighted by atomic mass is 19.1. The number of hydrogen-bond donors (Lipinski definition) is 1. The predicted molar refractivity (Wildman–Crippen MR) is 99.4 cm³/mol. The number of rotatable bonds is 7. The molecule has 3 rings (SSSR count). The van der Waals surface area contributed by atoms with Gasteiger partial charge in [-0.05, 0) is 25.1 Å². The van der Waals surface area contributed by atoms with E-state index >= 15 is 0 Å². The Bertz CT molecular complexity index is 787. The number of carbonyl (C=O) groups excluding carboxylic acids is 1. The quantitative estimate of drug-likeness (QED) is 0.798. The molecule has 0 saturated carbocycles. The van der Waals surface area contributed by atoms with Crippen LogP contribution in [-0.4, -0.2) is 67.1 Å². The van der Waals surface area contributed by atoms with Gasteiger partial charge in [-0.1, -0.05) is 0 Å². The van der Waals surface area contributed by atoms with Crippen LogP contribution in [0.4, 0.5) is 4.39 Å². The van der Waals surface area contributed by atoms with E-state index < -0.39 is 5.82 Å². The molecule has 0 unspecified atom stereocenters. The van der Waals surface area contributed by atoms with Crippen LogP contribution in [0.5, 0.6) is 5.75 Å². The average Bonchev–Trinajstić information content (AvgIpc) is 3.13. The van der Waals surface area contributed by atoms with Gasteiger partial charge in [-0.15, -0.1) is 0 Å². The summed E-state index contributed by atoms with van der Waals surface area (Å²) in [7, 11) is 1.49. The minimum atomic E-state index is -0.414. The fourth-order valence-corrected chi connectivity index (χ4v) is 3.06. The molecule has 7 nitrogen and oxygen atoms in total. The van der Waals surface area contributed by atoms with Crippen molar-refractivity contribution in [1.29, 1.82) is 0 Å². The number of benzene rings is 1. The molecule has 0 spiro atoms. The van der Waals surface area contributed by atoms with Crippen molar-refractivity contribution in [2.24, 2.45) is 0 Å². The molecule has 1 fully saturated rings. The second kappa shape index (κ2) is 8.96. The zero-order valence-electron chi connectivity index (χ0n) is 15.7. The number of aromatic nitrogens is 2. The van der Waals surface area contributed by atoms with Crippen molar-refractivity contribution in [1.82, 2.24) is 20.0 Å². The zero-order valence-corrected chi connectivity index (χ0v) is 15.7. The minimum absolute atomic E-state index is 0.259. The summed E-state index contributed by atoms with van der Waals surface area (Å²) >= 11 is 0. The summed E-state index contributed by atoms with van der Waals surface area (Å²) in [6.45, 7) is 6.94. The summed E-state index contributed by atoms with van der Waals surface area (Å²) in [5.74, 6) is -0.228. The lowest BCUT2D eigenvalue weighted by Crippen LogP contribution is -2.41. The topological polar surface area (TPSA) is 68.6 Å². The van der Waals surface area contributed by atoms with Crippen molar-refractivity contribution in [3.05, 3.63) is 35.8 Å². The van der Waals surface area contributed by atoms with Crippen molar-refractivity contribution in [3.8, 4) is 17.0 Å². The van der Waals surface area contributed by atoms with Crippen molar-refractivity contribution in [3.63, 3.8) is 0 Å². The Labute approximate surface area is 158 Å². The molecule has 1 aliphatic rings. The molecule has 0 aliphatic carbocycles. The number of ether oxygens (including phenoxy) is 2. The number of hydrogen-bond acceptors (Lipinski definition) is 5. The Morgan fingerprint density at radius 3 is 2.78 bits per heavy atom. The van der Waals surface area contributed by atoms with Crippen molar-refractivity contribution < 1.29 is 18.7 Å². The third kappa shape index (κ3) is 4.64. The van der Waals surface area contributed by atoms with E-state index in [-0.39, 0.29) is 11.6 Å². The number of methoxy groups -OCH3 is 1. The second-order valence-corrected chi connectivity index (χ2v) is 6.29. The molecule has 2 aromatic rings. The van der Waals surface area contributed by atoms with E-state index in [9.17, 15) is 9.18 Å². The normalized spacial score (nSPS) is 14.9. The first kappa shape index (κ1) is 19.3. The Hall–Kier alpha value is -2.45. The summed E-state index contributed by atoms with van der Waals surface area (Å²) in [6.07, 6.45) is 0. The van der Waals surface area contributed by atoms with Gasteiger partial charge in [0.15, 0.2) is 5.69 Å². The number of amides is 1. The van der Waals surface area contributed by atoms with Crippen molar-refractivity contribution in [2.45, 2.75) is 13.5 Å². The van der Waals surface area contributed by atoms with E-state index in [2.05, 4.69) is 15.3 Å². The second-order valence-electron chi connectivity index (χ2n) is 6.29. The highest BCUT2D eigenvalue weighted by molar-refractivity contribution is 5.93. The van der Waals surface area contributed by atoms with E-state index in [4.69, 9.17) is 9.47 Å². The third-order valence-electron chi connectivity index (χ3n) is 4.58. The van der Waals surface area contributed by atoms with Gasteiger partial charge in [0.1, 0.15) is 11.6 Å². The van der Waals surface area contributed by atoms with Crippen LogP contribution in [0.15, 0.2) is 24.3 Å². The highest BCUT2D eigenvalue weighted by Gasteiger charge is 2.18. The number of nitrogens with one attached hydrogen (secondary N) is 1. The van der Waals surface area contributed by atoms with Gasteiger partial charge in [0.25, 0.3) is 5.91 Å². The number of nitrogens with zero attached hydrogens (tertiary/aromatic N) is 3. The Morgan fingerprint density at radius 1 is 1.33 bits per heavy atom. The maximum atomic E-state index is 14.4. The zero-order chi connectivity index (χ0) is 19.2. The van der Waals surface area contributed by atoms with Gasteiger partial charge in [-0.25, -0.2) is 4.39 Å². The van der Waals surface area contributed by atoms with Crippen LogP contribution in [0.1, 0.15) is 17.4 Å². The largest absolute Gasteiger partial charge is 0.497 e. The number of aryl methyl sites for hydroxylation is 1. The molecule has 1 saturated heterocycles. The SMILES string of the molecule is CCn1nc(C(=O)NCCN2CCOCC2)cc1-c1ccc(OC)cc1F. The van der Waals surface area contributed by atoms with Crippen LogP contribution in [-0.2, 0) is 11.3 Å². The van der Waals surface area contributed by atoms with Crippen LogP contribution in [0.3, 0.4) is 0 Å². The molecular weight excluding hydrogens is 351 g/mol. The molecule has 146 valence electrons. The first-order chi connectivity index (χ1) is 13.1. The van der Waals surface area contributed by atoms with Crippen molar-refractivity contribution in [2.75, 3.05) is 46.5 Å². The van der Waals surface area contributed by atoms with E-state index in [0.717, 1.165) is 32.8 Å². The van der Waals surface area contributed by atoms with Gasteiger partial charge >= 0.3 is 0 Å². The lowest BCUT2D eigenvalue weighted by molar-refractivity contribution is 0.0383. The van der Waals surface area contributed by atoms with Gasteiger partial charge in [0, 0.05) is 44.4 Å². The highest BCUT2D eigenvalue weighted by Crippen LogP contribution is 2.27. The van der Waals surface area contributed by atoms with Gasteiger partial charge < -0.3 is 14.8 Å². The molecule has 8 heteroatoms. The molecular formula is C19H25FN4O3. The summed E-state index contributed by atoms with van der Waals surface area (Å²) in [5.41, 5.74) is 1.23. The third-order valence-corrected chi connectivity index (χ3v) is 4.58. The molecule has 1 aromatic carbocycles. The lowest BCUT2D eigenvalue weighted by Gasteiger charge is -2.26.